The van der Waals surface area contributed by atoms with Gasteiger partial charge in [-0.25, -0.2) is 0 Å². The van der Waals surface area contributed by atoms with E-state index in [1.54, 1.807) is 14.1 Å². The van der Waals surface area contributed by atoms with Gasteiger partial charge in [0.25, 0.3) is 5.91 Å². The highest BCUT2D eigenvalue weighted by molar-refractivity contribution is 5.94. The zero-order valence-electron chi connectivity index (χ0n) is 17.3. The first-order valence-electron chi connectivity index (χ1n) is 10.1. The van der Waals surface area contributed by atoms with Crippen LogP contribution in [-0.2, 0) is 11.2 Å². The van der Waals surface area contributed by atoms with Gasteiger partial charge in [-0.05, 0) is 49.8 Å². The van der Waals surface area contributed by atoms with Crippen molar-refractivity contribution in [1.29, 1.82) is 0 Å². The topological polar surface area (TPSA) is 85.8 Å². The number of rotatable bonds is 7. The zero-order chi connectivity index (χ0) is 20.4. The maximum absolute atomic E-state index is 11.8. The third-order valence-electron chi connectivity index (χ3n) is 5.08. The minimum atomic E-state index is -0.0710. The van der Waals surface area contributed by atoms with E-state index in [0.717, 1.165) is 50.4 Å². The summed E-state index contributed by atoms with van der Waals surface area (Å²) in [6, 6.07) is 7.68. The molecule has 2 rings (SSSR count). The van der Waals surface area contributed by atoms with Crippen molar-refractivity contribution in [3.8, 4) is 0 Å². The Morgan fingerprint density at radius 3 is 2.57 bits per heavy atom. The monoisotopic (exact) mass is 387 g/mol. The number of guanidine groups is 1. The van der Waals surface area contributed by atoms with Crippen LogP contribution >= 0.6 is 0 Å². The van der Waals surface area contributed by atoms with E-state index in [1.165, 1.54) is 0 Å². The molecular formula is C21H33N5O2. The zero-order valence-corrected chi connectivity index (χ0v) is 17.3. The molecule has 0 spiro atoms. The maximum Gasteiger partial charge on any atom is 0.251 e. The van der Waals surface area contributed by atoms with Gasteiger partial charge in [-0.3, -0.25) is 14.6 Å². The minimum absolute atomic E-state index is 0.0710. The largest absolute Gasteiger partial charge is 0.359 e. The van der Waals surface area contributed by atoms with Crippen LogP contribution in [0.4, 0.5) is 0 Å². The van der Waals surface area contributed by atoms with Crippen molar-refractivity contribution in [2.75, 3.05) is 40.3 Å². The predicted molar refractivity (Wildman–Crippen MR) is 112 cm³/mol. The molecule has 3 N–H and O–H groups in total. The standard InChI is InChI=1S/C21H33N5O2/c1-4-24-21(26-12-9-17(10-13-26)15-19(27)22-2)25-11-8-16-6-5-7-18(14-16)20(28)23-3/h5-7,14,17H,4,8-13,15H2,1-3H3,(H,22,27)(H,23,28)(H,24,25). The first-order valence-corrected chi connectivity index (χ1v) is 10.1. The third-order valence-corrected chi connectivity index (χ3v) is 5.08. The highest BCUT2D eigenvalue weighted by Crippen LogP contribution is 2.20. The lowest BCUT2D eigenvalue weighted by Gasteiger charge is -2.34. The second kappa shape index (κ2) is 11.3. The first kappa shape index (κ1) is 21.7. The van der Waals surface area contributed by atoms with Gasteiger partial charge in [-0.15, -0.1) is 0 Å². The Morgan fingerprint density at radius 2 is 1.93 bits per heavy atom. The van der Waals surface area contributed by atoms with Crippen molar-refractivity contribution < 1.29 is 9.59 Å². The fourth-order valence-corrected chi connectivity index (χ4v) is 3.44. The Labute approximate surface area is 168 Å². The number of hydrogen-bond donors (Lipinski definition) is 3. The Morgan fingerprint density at radius 1 is 1.18 bits per heavy atom. The molecule has 0 unspecified atom stereocenters. The second-order valence-electron chi connectivity index (χ2n) is 7.07. The summed E-state index contributed by atoms with van der Waals surface area (Å²) in [5, 5.41) is 8.74. The molecule has 0 radical (unpaired) electrons. The number of nitrogens with zero attached hydrogens (tertiary/aromatic N) is 2. The molecule has 2 amide bonds. The quantitative estimate of drug-likeness (QED) is 0.488. The average molecular weight is 388 g/mol. The Kier molecular flexibility index (Phi) is 8.78. The van der Waals surface area contributed by atoms with Crippen LogP contribution in [0.15, 0.2) is 29.3 Å². The molecule has 154 valence electrons. The highest BCUT2D eigenvalue weighted by atomic mass is 16.2. The van der Waals surface area contributed by atoms with E-state index in [4.69, 9.17) is 4.99 Å². The van der Waals surface area contributed by atoms with Crippen molar-refractivity contribution >= 4 is 17.8 Å². The van der Waals surface area contributed by atoms with Gasteiger partial charge in [-0.1, -0.05) is 12.1 Å². The molecule has 1 saturated heterocycles. The van der Waals surface area contributed by atoms with E-state index in [0.29, 0.717) is 24.4 Å². The Balaban J connectivity index is 1.91. The minimum Gasteiger partial charge on any atom is -0.359 e. The van der Waals surface area contributed by atoms with Crippen LogP contribution in [0.3, 0.4) is 0 Å². The second-order valence-corrected chi connectivity index (χ2v) is 7.07. The van der Waals surface area contributed by atoms with Crippen LogP contribution in [0.25, 0.3) is 0 Å². The number of benzene rings is 1. The summed E-state index contributed by atoms with van der Waals surface area (Å²) in [5.74, 6) is 1.44. The van der Waals surface area contributed by atoms with E-state index in [9.17, 15) is 9.59 Å². The lowest BCUT2D eigenvalue weighted by molar-refractivity contribution is -0.121. The molecule has 0 saturated carbocycles. The molecule has 7 heteroatoms. The van der Waals surface area contributed by atoms with Gasteiger partial charge in [0.05, 0.1) is 0 Å². The Hall–Kier alpha value is -2.57. The van der Waals surface area contributed by atoms with Crippen LogP contribution in [-0.4, -0.2) is 62.9 Å². The molecule has 0 atom stereocenters. The fourth-order valence-electron chi connectivity index (χ4n) is 3.44. The van der Waals surface area contributed by atoms with Crippen molar-refractivity contribution in [3.63, 3.8) is 0 Å². The van der Waals surface area contributed by atoms with Crippen molar-refractivity contribution in [1.82, 2.24) is 20.9 Å². The number of nitrogens with one attached hydrogen (secondary N) is 3. The number of amides is 2. The molecule has 1 aromatic carbocycles. The summed E-state index contributed by atoms with van der Waals surface area (Å²) >= 11 is 0. The van der Waals surface area contributed by atoms with Crippen molar-refractivity contribution in [2.24, 2.45) is 10.9 Å². The van der Waals surface area contributed by atoms with Gasteiger partial charge in [0, 0.05) is 52.3 Å². The van der Waals surface area contributed by atoms with Crippen molar-refractivity contribution in [2.45, 2.75) is 32.6 Å². The molecule has 1 aliphatic rings. The number of carbonyl (C=O) groups excluding carboxylic acids is 2. The summed E-state index contributed by atoms with van der Waals surface area (Å²) in [7, 11) is 3.33. The van der Waals surface area contributed by atoms with Gasteiger partial charge >= 0.3 is 0 Å². The molecule has 0 bridgehead atoms. The van der Waals surface area contributed by atoms with E-state index in [-0.39, 0.29) is 11.8 Å². The molecule has 7 nitrogen and oxygen atoms in total. The van der Waals surface area contributed by atoms with Gasteiger partial charge in [0.1, 0.15) is 0 Å². The smallest absolute Gasteiger partial charge is 0.251 e. The Bertz CT molecular complexity index is 681. The molecule has 1 aromatic rings. The average Bonchev–Trinajstić information content (AvgIpc) is 2.73. The van der Waals surface area contributed by atoms with E-state index < -0.39 is 0 Å². The van der Waals surface area contributed by atoms with Crippen LogP contribution < -0.4 is 16.0 Å². The third kappa shape index (κ3) is 6.55. The van der Waals surface area contributed by atoms with Crippen LogP contribution in [0.2, 0.25) is 0 Å². The van der Waals surface area contributed by atoms with E-state index in [1.807, 2.05) is 24.3 Å². The number of aliphatic imine (C=N–C) groups is 1. The number of hydrogen-bond acceptors (Lipinski definition) is 3. The molecule has 1 heterocycles. The van der Waals surface area contributed by atoms with E-state index >= 15 is 0 Å². The van der Waals surface area contributed by atoms with Gasteiger partial charge in [0.15, 0.2) is 5.96 Å². The summed E-state index contributed by atoms with van der Waals surface area (Å²) in [6.45, 7) is 5.39. The first-order chi connectivity index (χ1) is 13.6. The highest BCUT2D eigenvalue weighted by Gasteiger charge is 2.23. The summed E-state index contributed by atoms with van der Waals surface area (Å²) in [4.78, 5) is 30.4. The predicted octanol–water partition coefficient (Wildman–Crippen LogP) is 1.40. The normalized spacial score (nSPS) is 15.2. The molecule has 1 fully saturated rings. The lowest BCUT2D eigenvalue weighted by Crippen LogP contribution is -2.46. The molecule has 0 aliphatic carbocycles. The SMILES string of the molecule is CCNC(=NCCc1cccc(C(=O)NC)c1)N1CCC(CC(=O)NC)CC1. The maximum atomic E-state index is 11.8. The van der Waals surface area contributed by atoms with Crippen LogP contribution in [0.5, 0.6) is 0 Å². The molecule has 28 heavy (non-hydrogen) atoms. The van der Waals surface area contributed by atoms with Gasteiger partial charge < -0.3 is 20.9 Å². The van der Waals surface area contributed by atoms with Crippen molar-refractivity contribution in [3.05, 3.63) is 35.4 Å². The van der Waals surface area contributed by atoms with E-state index in [2.05, 4.69) is 27.8 Å². The van der Waals surface area contributed by atoms with Crippen LogP contribution in [0.1, 0.15) is 42.1 Å². The summed E-state index contributed by atoms with van der Waals surface area (Å²) < 4.78 is 0. The summed E-state index contributed by atoms with van der Waals surface area (Å²) in [6.07, 6.45) is 3.41. The molecule has 1 aliphatic heterocycles. The molecule has 0 aromatic heterocycles. The number of likely N-dealkylation sites (tertiary alicyclic amines) is 1. The fraction of sp³-hybridized carbons (Fsp3) is 0.571. The van der Waals surface area contributed by atoms with Crippen LogP contribution in [0, 0.1) is 5.92 Å². The summed E-state index contributed by atoms with van der Waals surface area (Å²) in [5.41, 5.74) is 1.78. The lowest BCUT2D eigenvalue weighted by atomic mass is 9.93. The molecular weight excluding hydrogens is 354 g/mol. The van der Waals surface area contributed by atoms with Gasteiger partial charge in [-0.2, -0.15) is 0 Å². The van der Waals surface area contributed by atoms with Gasteiger partial charge in [0.2, 0.25) is 5.91 Å². The number of carbonyl (C=O) groups is 2. The number of piperidine rings is 1.